The van der Waals surface area contributed by atoms with Gasteiger partial charge < -0.3 is 5.32 Å². The Bertz CT molecular complexity index is 151. The number of nitrogens with one attached hydrogen (secondary N) is 1. The zero-order valence-corrected chi connectivity index (χ0v) is 9.28. The van der Waals surface area contributed by atoms with Gasteiger partial charge in [0.25, 0.3) is 0 Å². The highest BCUT2D eigenvalue weighted by Crippen LogP contribution is 2.24. The first-order valence-electron chi connectivity index (χ1n) is 5.38. The summed E-state index contributed by atoms with van der Waals surface area (Å²) >= 11 is 2.11. The maximum absolute atomic E-state index is 3.49. The molecule has 0 radical (unpaired) electrons. The highest BCUT2D eigenvalue weighted by atomic mass is 32.2. The molecule has 2 heterocycles. The molecule has 0 bridgehead atoms. The molecule has 2 nitrogen and oxygen atoms in total. The lowest BCUT2D eigenvalue weighted by atomic mass is 10.0. The van der Waals surface area contributed by atoms with Crippen molar-refractivity contribution in [3.63, 3.8) is 0 Å². The Kier molecular flexibility index (Phi) is 3.52. The van der Waals surface area contributed by atoms with E-state index >= 15 is 0 Å². The molecule has 0 spiro atoms. The molecule has 1 N–H and O–H groups in total. The molecular weight excluding hydrogens is 180 g/mol. The van der Waals surface area contributed by atoms with Crippen LogP contribution in [0.25, 0.3) is 0 Å². The zero-order chi connectivity index (χ0) is 9.10. The summed E-state index contributed by atoms with van der Waals surface area (Å²) in [6, 6.07) is 1.66. The second-order valence-electron chi connectivity index (χ2n) is 4.18. The monoisotopic (exact) mass is 200 g/mol. The Balaban J connectivity index is 1.83. The fourth-order valence-electron chi connectivity index (χ4n) is 2.32. The van der Waals surface area contributed by atoms with Crippen LogP contribution in [0, 0.1) is 0 Å². The Morgan fingerprint density at radius 1 is 1.31 bits per heavy atom. The molecule has 13 heavy (non-hydrogen) atoms. The topological polar surface area (TPSA) is 15.3 Å². The van der Waals surface area contributed by atoms with Gasteiger partial charge in [0.1, 0.15) is 0 Å². The van der Waals surface area contributed by atoms with Gasteiger partial charge in [-0.2, -0.15) is 11.8 Å². The Hall–Kier alpha value is 0.270. The van der Waals surface area contributed by atoms with Gasteiger partial charge in [0.05, 0.1) is 0 Å². The highest BCUT2D eigenvalue weighted by Gasteiger charge is 2.26. The molecule has 0 saturated carbocycles. The maximum Gasteiger partial charge on any atom is 0.0221 e. The number of rotatable bonds is 2. The van der Waals surface area contributed by atoms with Crippen molar-refractivity contribution in [3.8, 4) is 0 Å². The smallest absolute Gasteiger partial charge is 0.0221 e. The number of hydrogen-bond donors (Lipinski definition) is 1. The largest absolute Gasteiger partial charge is 0.315 e. The van der Waals surface area contributed by atoms with Gasteiger partial charge in [-0.15, -0.1) is 0 Å². The van der Waals surface area contributed by atoms with Crippen molar-refractivity contribution in [1.82, 2.24) is 10.2 Å². The van der Waals surface area contributed by atoms with Crippen LogP contribution in [0.1, 0.15) is 19.3 Å². The van der Waals surface area contributed by atoms with Gasteiger partial charge in [-0.1, -0.05) is 0 Å². The number of thioether (sulfide) groups is 1. The summed E-state index contributed by atoms with van der Waals surface area (Å²) in [5, 5.41) is 3.49. The highest BCUT2D eigenvalue weighted by molar-refractivity contribution is 7.99. The first kappa shape index (κ1) is 9.81. The average Bonchev–Trinajstić information content (AvgIpc) is 2.71. The van der Waals surface area contributed by atoms with E-state index in [9.17, 15) is 0 Å². The van der Waals surface area contributed by atoms with Gasteiger partial charge >= 0.3 is 0 Å². The van der Waals surface area contributed by atoms with Crippen LogP contribution in [0.2, 0.25) is 0 Å². The lowest BCUT2D eigenvalue weighted by Gasteiger charge is -2.35. The molecule has 0 aromatic carbocycles. The van der Waals surface area contributed by atoms with Crippen LogP contribution in [0.15, 0.2) is 0 Å². The van der Waals surface area contributed by atoms with E-state index in [-0.39, 0.29) is 0 Å². The third-order valence-corrected chi connectivity index (χ3v) is 4.47. The Labute approximate surface area is 85.4 Å². The second kappa shape index (κ2) is 4.67. The fraction of sp³-hybridized carbons (Fsp3) is 1.00. The fourth-order valence-corrected chi connectivity index (χ4v) is 3.60. The maximum atomic E-state index is 3.49. The van der Waals surface area contributed by atoms with Gasteiger partial charge in [0, 0.05) is 24.4 Å². The van der Waals surface area contributed by atoms with Gasteiger partial charge in [-0.3, -0.25) is 4.90 Å². The SMILES string of the molecule is CN(C1CCCNC1)C1CCSC1. The molecule has 3 heteroatoms. The van der Waals surface area contributed by atoms with Crippen LogP contribution in [-0.2, 0) is 0 Å². The van der Waals surface area contributed by atoms with E-state index in [2.05, 4.69) is 29.0 Å². The molecule has 2 saturated heterocycles. The lowest BCUT2D eigenvalue weighted by Crippen LogP contribution is -2.48. The van der Waals surface area contributed by atoms with E-state index in [1.165, 1.54) is 43.9 Å². The van der Waals surface area contributed by atoms with Crippen LogP contribution in [0.3, 0.4) is 0 Å². The molecule has 0 aromatic rings. The van der Waals surface area contributed by atoms with Crippen LogP contribution < -0.4 is 5.32 Å². The molecule has 2 aliphatic rings. The molecular formula is C10H20N2S. The van der Waals surface area contributed by atoms with Crippen LogP contribution in [-0.4, -0.2) is 48.6 Å². The zero-order valence-electron chi connectivity index (χ0n) is 8.46. The summed E-state index contributed by atoms with van der Waals surface area (Å²) in [5.74, 6) is 2.72. The van der Waals surface area contributed by atoms with Gasteiger partial charge in [-0.25, -0.2) is 0 Å². The van der Waals surface area contributed by atoms with Crippen LogP contribution >= 0.6 is 11.8 Å². The quantitative estimate of drug-likeness (QED) is 0.720. The van der Waals surface area contributed by atoms with Crippen molar-refractivity contribution in [2.24, 2.45) is 0 Å². The van der Waals surface area contributed by atoms with Crippen LogP contribution in [0.5, 0.6) is 0 Å². The third-order valence-electron chi connectivity index (χ3n) is 3.33. The molecule has 2 unspecified atom stereocenters. The van der Waals surface area contributed by atoms with Crippen molar-refractivity contribution < 1.29 is 0 Å². The number of piperidine rings is 1. The Morgan fingerprint density at radius 2 is 2.23 bits per heavy atom. The van der Waals surface area contributed by atoms with Gasteiger partial charge in [0.15, 0.2) is 0 Å². The van der Waals surface area contributed by atoms with E-state index in [0.717, 1.165) is 12.1 Å². The second-order valence-corrected chi connectivity index (χ2v) is 5.33. The number of nitrogens with zero attached hydrogens (tertiary/aromatic N) is 1. The molecule has 0 aromatic heterocycles. The molecule has 2 atom stereocenters. The summed E-state index contributed by atoms with van der Waals surface area (Å²) in [6.45, 7) is 2.43. The predicted molar refractivity (Wildman–Crippen MR) is 59.4 cm³/mol. The average molecular weight is 200 g/mol. The summed E-state index contributed by atoms with van der Waals surface area (Å²) in [6.07, 6.45) is 4.15. The van der Waals surface area contributed by atoms with E-state index in [0.29, 0.717) is 0 Å². The van der Waals surface area contributed by atoms with Crippen molar-refractivity contribution in [2.75, 3.05) is 31.6 Å². The first-order chi connectivity index (χ1) is 6.38. The van der Waals surface area contributed by atoms with E-state index in [1.54, 1.807) is 0 Å². The molecule has 2 rings (SSSR count). The minimum absolute atomic E-state index is 0.803. The molecule has 2 fully saturated rings. The predicted octanol–water partition coefficient (Wildman–Crippen LogP) is 1.18. The molecule has 2 aliphatic heterocycles. The summed E-state index contributed by atoms with van der Waals surface area (Å²) in [4.78, 5) is 2.62. The van der Waals surface area contributed by atoms with Crippen LogP contribution in [0.4, 0.5) is 0 Å². The summed E-state index contributed by atoms with van der Waals surface area (Å²) in [5.41, 5.74) is 0. The first-order valence-corrected chi connectivity index (χ1v) is 6.54. The van der Waals surface area contributed by atoms with Crippen molar-refractivity contribution in [2.45, 2.75) is 31.3 Å². The molecule has 0 aliphatic carbocycles. The normalized spacial score (nSPS) is 35.5. The summed E-state index contributed by atoms with van der Waals surface area (Å²) in [7, 11) is 2.31. The molecule has 0 amide bonds. The van der Waals surface area contributed by atoms with Crippen molar-refractivity contribution >= 4 is 11.8 Å². The number of likely N-dealkylation sites (N-methyl/N-ethyl adjacent to an activating group) is 1. The summed E-state index contributed by atoms with van der Waals surface area (Å²) < 4.78 is 0. The third kappa shape index (κ3) is 2.39. The van der Waals surface area contributed by atoms with Crippen molar-refractivity contribution in [1.29, 1.82) is 0 Å². The van der Waals surface area contributed by atoms with Crippen molar-refractivity contribution in [3.05, 3.63) is 0 Å². The van der Waals surface area contributed by atoms with E-state index in [4.69, 9.17) is 0 Å². The van der Waals surface area contributed by atoms with E-state index < -0.39 is 0 Å². The van der Waals surface area contributed by atoms with Gasteiger partial charge in [-0.05, 0) is 38.6 Å². The minimum atomic E-state index is 0.803. The Morgan fingerprint density at radius 3 is 2.85 bits per heavy atom. The lowest BCUT2D eigenvalue weighted by molar-refractivity contribution is 0.159. The number of hydrogen-bond acceptors (Lipinski definition) is 3. The van der Waals surface area contributed by atoms with E-state index in [1.807, 2.05) is 0 Å². The standard InChI is InChI=1S/C10H20N2S/c1-12(10-4-6-13-8-10)9-3-2-5-11-7-9/h9-11H,2-8H2,1H3. The minimum Gasteiger partial charge on any atom is -0.315 e. The molecule has 76 valence electrons. The van der Waals surface area contributed by atoms with Gasteiger partial charge in [0.2, 0.25) is 0 Å².